The maximum absolute atomic E-state index is 10.9. The van der Waals surface area contributed by atoms with Gasteiger partial charge in [0.15, 0.2) is 6.10 Å². The lowest BCUT2D eigenvalue weighted by molar-refractivity contribution is -0.148. The number of aliphatic hydroxyl groups is 1. The monoisotopic (exact) mass is 220 g/mol. The third-order valence-corrected chi connectivity index (χ3v) is 3.48. The first-order chi connectivity index (χ1) is 7.62. The van der Waals surface area contributed by atoms with Gasteiger partial charge in [0, 0.05) is 5.41 Å². The molecule has 1 aromatic carbocycles. The Morgan fingerprint density at radius 1 is 1.44 bits per heavy atom. The number of aliphatic carboxylic acids is 1. The minimum atomic E-state index is -1.28. The van der Waals surface area contributed by atoms with E-state index in [9.17, 15) is 9.90 Å². The molecule has 0 heterocycles. The number of benzene rings is 1. The van der Waals surface area contributed by atoms with E-state index < -0.39 is 17.5 Å². The van der Waals surface area contributed by atoms with E-state index in [1.807, 2.05) is 31.2 Å². The van der Waals surface area contributed by atoms with Crippen molar-refractivity contribution in [1.82, 2.24) is 0 Å². The van der Waals surface area contributed by atoms with E-state index in [4.69, 9.17) is 5.11 Å². The fourth-order valence-corrected chi connectivity index (χ4v) is 2.38. The molecule has 2 rings (SSSR count). The first-order valence-corrected chi connectivity index (χ1v) is 5.61. The number of hydrogen-bond donors (Lipinski definition) is 2. The van der Waals surface area contributed by atoms with Crippen molar-refractivity contribution in [3.8, 4) is 0 Å². The second kappa shape index (κ2) is 3.91. The zero-order valence-corrected chi connectivity index (χ0v) is 9.31. The second-order valence-electron chi connectivity index (χ2n) is 4.41. The summed E-state index contributed by atoms with van der Waals surface area (Å²) in [5.74, 6) is -1.12. The maximum atomic E-state index is 10.9. The molecule has 0 saturated heterocycles. The molecule has 0 aliphatic heterocycles. The molecular weight excluding hydrogens is 204 g/mol. The van der Waals surface area contributed by atoms with Crippen molar-refractivity contribution in [2.45, 2.75) is 37.7 Å². The average molecular weight is 220 g/mol. The highest BCUT2D eigenvalue weighted by molar-refractivity contribution is 5.76. The quantitative estimate of drug-likeness (QED) is 0.812. The number of carboxylic acids is 1. The highest BCUT2D eigenvalue weighted by Gasteiger charge is 2.54. The number of carboxylic acid groups (broad SMARTS) is 1. The van der Waals surface area contributed by atoms with Gasteiger partial charge < -0.3 is 10.2 Å². The molecule has 0 aromatic heterocycles. The smallest absolute Gasteiger partial charge is 0.333 e. The van der Waals surface area contributed by atoms with Gasteiger partial charge in [-0.15, -0.1) is 0 Å². The lowest BCUT2D eigenvalue weighted by Crippen LogP contribution is -2.34. The summed E-state index contributed by atoms with van der Waals surface area (Å²) in [6.07, 6.45) is 1.11. The van der Waals surface area contributed by atoms with E-state index in [0.29, 0.717) is 0 Å². The predicted molar refractivity (Wildman–Crippen MR) is 60.4 cm³/mol. The summed E-state index contributed by atoms with van der Waals surface area (Å²) >= 11 is 0. The van der Waals surface area contributed by atoms with Crippen LogP contribution in [-0.4, -0.2) is 22.3 Å². The van der Waals surface area contributed by atoms with E-state index in [1.165, 1.54) is 0 Å². The molecule has 2 N–H and O–H groups in total. The molecule has 1 saturated carbocycles. The van der Waals surface area contributed by atoms with Crippen LogP contribution in [0, 0.1) is 0 Å². The van der Waals surface area contributed by atoms with Crippen LogP contribution in [0.2, 0.25) is 0 Å². The first kappa shape index (κ1) is 11.1. The van der Waals surface area contributed by atoms with E-state index >= 15 is 0 Å². The molecule has 1 fully saturated rings. The maximum Gasteiger partial charge on any atom is 0.333 e. The Labute approximate surface area is 94.7 Å². The van der Waals surface area contributed by atoms with Gasteiger partial charge in [-0.05, 0) is 30.4 Å². The standard InChI is InChI=1S/C13H16O3/c1-2-9-5-3-4-6-10(9)13(7-8-13)11(14)12(15)16/h3-6,11,14H,2,7-8H2,1H3,(H,15,16). The third kappa shape index (κ3) is 1.61. The zero-order chi connectivity index (χ0) is 11.8. The van der Waals surface area contributed by atoms with Crippen LogP contribution in [0.4, 0.5) is 0 Å². The lowest BCUT2D eigenvalue weighted by Gasteiger charge is -2.21. The van der Waals surface area contributed by atoms with Crippen LogP contribution in [0.3, 0.4) is 0 Å². The van der Waals surface area contributed by atoms with Gasteiger partial charge in [0.05, 0.1) is 0 Å². The fourth-order valence-electron chi connectivity index (χ4n) is 2.38. The van der Waals surface area contributed by atoms with E-state index in [-0.39, 0.29) is 0 Å². The van der Waals surface area contributed by atoms with Crippen molar-refractivity contribution in [3.05, 3.63) is 35.4 Å². The van der Waals surface area contributed by atoms with Crippen LogP contribution in [0.25, 0.3) is 0 Å². The molecule has 3 heteroatoms. The molecule has 86 valence electrons. The van der Waals surface area contributed by atoms with Crippen LogP contribution in [0.1, 0.15) is 30.9 Å². The Balaban J connectivity index is 2.40. The molecule has 0 spiro atoms. The topological polar surface area (TPSA) is 57.5 Å². The van der Waals surface area contributed by atoms with Gasteiger partial charge in [-0.25, -0.2) is 4.79 Å². The van der Waals surface area contributed by atoms with Gasteiger partial charge >= 0.3 is 5.97 Å². The van der Waals surface area contributed by atoms with Crippen molar-refractivity contribution in [2.75, 3.05) is 0 Å². The van der Waals surface area contributed by atoms with Gasteiger partial charge in [0.1, 0.15) is 0 Å². The average Bonchev–Trinajstić information content (AvgIpc) is 3.09. The van der Waals surface area contributed by atoms with Crippen LogP contribution >= 0.6 is 0 Å². The summed E-state index contributed by atoms with van der Waals surface area (Å²) in [6, 6.07) is 7.80. The first-order valence-electron chi connectivity index (χ1n) is 5.61. The molecule has 1 aliphatic carbocycles. The van der Waals surface area contributed by atoms with Gasteiger partial charge in [0.25, 0.3) is 0 Å². The summed E-state index contributed by atoms with van der Waals surface area (Å²) in [5, 5.41) is 18.7. The van der Waals surface area contributed by atoms with Crippen LogP contribution in [0.5, 0.6) is 0 Å². The highest BCUT2D eigenvalue weighted by Crippen LogP contribution is 2.52. The Hall–Kier alpha value is -1.35. The Kier molecular flexibility index (Phi) is 2.72. The molecule has 0 amide bonds. The van der Waals surface area contributed by atoms with E-state index in [0.717, 1.165) is 30.4 Å². The predicted octanol–water partition coefficient (Wildman–Crippen LogP) is 1.73. The lowest BCUT2D eigenvalue weighted by atomic mass is 9.86. The van der Waals surface area contributed by atoms with Crippen molar-refractivity contribution < 1.29 is 15.0 Å². The summed E-state index contributed by atoms with van der Waals surface area (Å²) in [5.41, 5.74) is 1.62. The van der Waals surface area contributed by atoms with Crippen LogP contribution in [-0.2, 0) is 16.6 Å². The molecule has 1 unspecified atom stereocenters. The molecular formula is C13H16O3. The fraction of sp³-hybridized carbons (Fsp3) is 0.462. The number of rotatable bonds is 4. The number of hydrogen-bond acceptors (Lipinski definition) is 2. The second-order valence-corrected chi connectivity index (χ2v) is 4.41. The van der Waals surface area contributed by atoms with Crippen LogP contribution < -0.4 is 0 Å². The Morgan fingerprint density at radius 3 is 2.56 bits per heavy atom. The zero-order valence-electron chi connectivity index (χ0n) is 9.31. The molecule has 1 aliphatic rings. The van der Waals surface area contributed by atoms with E-state index in [2.05, 4.69) is 0 Å². The molecule has 1 aromatic rings. The third-order valence-electron chi connectivity index (χ3n) is 3.48. The Morgan fingerprint density at radius 2 is 2.06 bits per heavy atom. The number of aryl methyl sites for hydroxylation is 1. The van der Waals surface area contributed by atoms with Gasteiger partial charge in [-0.1, -0.05) is 31.2 Å². The summed E-state index contributed by atoms with van der Waals surface area (Å²) in [4.78, 5) is 10.9. The van der Waals surface area contributed by atoms with Gasteiger partial charge in [0.2, 0.25) is 0 Å². The molecule has 16 heavy (non-hydrogen) atoms. The molecule has 1 atom stereocenters. The van der Waals surface area contributed by atoms with Gasteiger partial charge in [-0.2, -0.15) is 0 Å². The van der Waals surface area contributed by atoms with Crippen molar-refractivity contribution in [3.63, 3.8) is 0 Å². The summed E-state index contributed by atoms with van der Waals surface area (Å²) in [6.45, 7) is 2.04. The summed E-state index contributed by atoms with van der Waals surface area (Å²) in [7, 11) is 0. The van der Waals surface area contributed by atoms with Crippen molar-refractivity contribution in [2.24, 2.45) is 0 Å². The molecule has 0 bridgehead atoms. The minimum Gasteiger partial charge on any atom is -0.479 e. The highest BCUT2D eigenvalue weighted by atomic mass is 16.4. The van der Waals surface area contributed by atoms with Crippen LogP contribution in [0.15, 0.2) is 24.3 Å². The minimum absolute atomic E-state index is 0.529. The largest absolute Gasteiger partial charge is 0.479 e. The summed E-state index contributed by atoms with van der Waals surface area (Å²) < 4.78 is 0. The number of carbonyl (C=O) groups is 1. The molecule has 0 radical (unpaired) electrons. The van der Waals surface area contributed by atoms with Gasteiger partial charge in [-0.3, -0.25) is 0 Å². The van der Waals surface area contributed by atoms with Crippen molar-refractivity contribution >= 4 is 5.97 Å². The Bertz CT molecular complexity index is 407. The number of aliphatic hydroxyl groups excluding tert-OH is 1. The van der Waals surface area contributed by atoms with E-state index in [1.54, 1.807) is 0 Å². The molecule has 3 nitrogen and oxygen atoms in total. The SMILES string of the molecule is CCc1ccccc1C1(C(O)C(=O)O)CC1. The van der Waals surface area contributed by atoms with Crippen molar-refractivity contribution in [1.29, 1.82) is 0 Å². The normalized spacial score (nSPS) is 19.1.